The van der Waals surface area contributed by atoms with E-state index >= 15 is 0 Å². The molecule has 0 saturated carbocycles. The molecule has 5 nitrogen and oxygen atoms in total. The van der Waals surface area contributed by atoms with Crippen LogP contribution in [0.2, 0.25) is 0 Å². The number of nitrogens with zero attached hydrogens (tertiary/aromatic N) is 1. The number of esters is 1. The van der Waals surface area contributed by atoms with E-state index in [1.165, 1.54) is 29.1 Å². The summed E-state index contributed by atoms with van der Waals surface area (Å²) in [6.07, 6.45) is 3.23. The number of ether oxygens (including phenoxy) is 1. The first-order valence-corrected chi connectivity index (χ1v) is 9.40. The molecule has 0 fully saturated rings. The molecule has 0 aliphatic heterocycles. The second-order valence-electron chi connectivity index (χ2n) is 6.25. The molecule has 0 spiro atoms. The van der Waals surface area contributed by atoms with Crippen LogP contribution >= 0.6 is 11.3 Å². The van der Waals surface area contributed by atoms with Crippen molar-refractivity contribution >= 4 is 35.2 Å². The van der Waals surface area contributed by atoms with Crippen LogP contribution in [0.4, 0.5) is 0 Å². The van der Waals surface area contributed by atoms with Crippen LogP contribution in [0.25, 0.3) is 12.2 Å². The van der Waals surface area contributed by atoms with Gasteiger partial charge in [-0.3, -0.25) is 9.59 Å². The van der Waals surface area contributed by atoms with E-state index in [2.05, 4.69) is 4.74 Å². The fraction of sp³-hybridized carbons (Fsp3) is 0.136. The monoisotopic (exact) mass is 393 g/mol. The lowest BCUT2D eigenvalue weighted by molar-refractivity contribution is 0.0600. The predicted molar refractivity (Wildman–Crippen MR) is 110 cm³/mol. The molecule has 0 aliphatic carbocycles. The Morgan fingerprint density at radius 3 is 2.39 bits per heavy atom. The Labute approximate surface area is 165 Å². The molecule has 0 radical (unpaired) electrons. The lowest BCUT2D eigenvalue weighted by atomic mass is 10.1. The van der Waals surface area contributed by atoms with Crippen molar-refractivity contribution in [2.24, 2.45) is 7.05 Å². The maximum Gasteiger partial charge on any atom is 0.337 e. The summed E-state index contributed by atoms with van der Waals surface area (Å²) in [5.74, 6) is -0.547. The van der Waals surface area contributed by atoms with E-state index in [1.807, 2.05) is 25.1 Å². The molecule has 0 aliphatic rings. The van der Waals surface area contributed by atoms with Crippen LogP contribution in [0, 0.1) is 6.92 Å². The fourth-order valence-electron chi connectivity index (χ4n) is 2.73. The zero-order valence-corrected chi connectivity index (χ0v) is 16.6. The van der Waals surface area contributed by atoms with Crippen LogP contribution in [-0.4, -0.2) is 23.4 Å². The highest BCUT2D eigenvalue weighted by atomic mass is 32.1. The summed E-state index contributed by atoms with van der Waals surface area (Å²) in [6.45, 7) is 1.88. The number of benzene rings is 2. The summed E-state index contributed by atoms with van der Waals surface area (Å²) in [7, 11) is 2.97. The maximum atomic E-state index is 12.6. The van der Waals surface area contributed by atoms with Crippen molar-refractivity contribution in [3.63, 3.8) is 0 Å². The average Bonchev–Trinajstić information content (AvgIpc) is 2.96. The number of carbonyl (C=O) groups is 2. The highest BCUT2D eigenvalue weighted by Gasteiger charge is 2.08. The number of carbonyl (C=O) groups excluding carboxylic acids is 2. The minimum Gasteiger partial charge on any atom is -0.465 e. The molecule has 142 valence electrons. The fourth-order valence-corrected chi connectivity index (χ4v) is 3.76. The van der Waals surface area contributed by atoms with Crippen LogP contribution < -0.4 is 14.8 Å². The normalized spacial score (nSPS) is 12.2. The first-order valence-electron chi connectivity index (χ1n) is 8.58. The smallest absolute Gasteiger partial charge is 0.337 e. The Bertz CT molecular complexity index is 1220. The molecule has 0 amide bonds. The topological polar surface area (TPSA) is 65.4 Å². The van der Waals surface area contributed by atoms with E-state index in [9.17, 15) is 14.4 Å². The lowest BCUT2D eigenvalue weighted by Crippen LogP contribution is -2.29. The van der Waals surface area contributed by atoms with Crippen molar-refractivity contribution in [3.05, 3.63) is 90.3 Å². The molecule has 1 aromatic heterocycles. The lowest BCUT2D eigenvalue weighted by Gasteiger charge is -1.99. The molecular formula is C22H19NO4S. The van der Waals surface area contributed by atoms with E-state index in [-0.39, 0.29) is 11.3 Å². The first-order chi connectivity index (χ1) is 13.4. The second-order valence-corrected chi connectivity index (χ2v) is 7.31. The summed E-state index contributed by atoms with van der Waals surface area (Å²) in [5, 5.41) is 0. The van der Waals surface area contributed by atoms with Crippen LogP contribution in [0.15, 0.2) is 53.3 Å². The second kappa shape index (κ2) is 8.19. The molecule has 2 aromatic carbocycles. The van der Waals surface area contributed by atoms with Gasteiger partial charge >= 0.3 is 5.97 Å². The maximum absolute atomic E-state index is 12.6. The summed E-state index contributed by atoms with van der Waals surface area (Å²) >= 11 is 1.25. The van der Waals surface area contributed by atoms with Gasteiger partial charge in [-0.1, -0.05) is 36.4 Å². The summed E-state index contributed by atoms with van der Waals surface area (Å²) in [4.78, 5) is 36.6. The Kier molecular flexibility index (Phi) is 5.70. The van der Waals surface area contributed by atoms with E-state index in [4.69, 9.17) is 0 Å². The van der Waals surface area contributed by atoms with E-state index < -0.39 is 5.97 Å². The van der Waals surface area contributed by atoms with Gasteiger partial charge in [-0.2, -0.15) is 0 Å². The largest absolute Gasteiger partial charge is 0.465 e. The average molecular weight is 393 g/mol. The first kappa shape index (κ1) is 19.5. The molecule has 0 atom stereocenters. The van der Waals surface area contributed by atoms with Gasteiger partial charge in [-0.05, 0) is 36.3 Å². The summed E-state index contributed by atoms with van der Waals surface area (Å²) in [5.41, 5.74) is 2.56. The third-order valence-corrected chi connectivity index (χ3v) is 5.47. The molecule has 3 aromatic rings. The highest BCUT2D eigenvalue weighted by molar-refractivity contribution is 7.07. The molecule has 0 unspecified atom stereocenters. The molecule has 6 heteroatoms. The van der Waals surface area contributed by atoms with Crippen molar-refractivity contribution < 1.29 is 14.3 Å². The third kappa shape index (κ3) is 4.02. The number of aryl methyl sites for hydroxylation is 1. The van der Waals surface area contributed by atoms with Gasteiger partial charge in [0, 0.05) is 18.7 Å². The zero-order valence-electron chi connectivity index (χ0n) is 15.8. The number of aromatic nitrogens is 1. The Balaban J connectivity index is 2.01. The number of methoxy groups -OCH3 is 1. The summed E-state index contributed by atoms with van der Waals surface area (Å²) < 4.78 is 7.24. The van der Waals surface area contributed by atoms with Crippen molar-refractivity contribution in [2.45, 2.75) is 6.92 Å². The van der Waals surface area contributed by atoms with Gasteiger partial charge in [0.25, 0.3) is 5.56 Å². The Hall–Kier alpha value is -3.25. The minimum absolute atomic E-state index is 0.135. The van der Waals surface area contributed by atoms with Crippen LogP contribution in [-0.2, 0) is 11.8 Å². The third-order valence-electron chi connectivity index (χ3n) is 4.36. The van der Waals surface area contributed by atoms with E-state index in [1.54, 1.807) is 43.5 Å². The highest BCUT2D eigenvalue weighted by Crippen LogP contribution is 2.08. The number of hydrogen-bond acceptors (Lipinski definition) is 5. The molecule has 28 heavy (non-hydrogen) atoms. The Morgan fingerprint density at radius 2 is 1.75 bits per heavy atom. The molecule has 0 N–H and O–H groups in total. The van der Waals surface area contributed by atoms with E-state index in [0.717, 1.165) is 11.1 Å². The van der Waals surface area contributed by atoms with Gasteiger partial charge in [0.2, 0.25) is 0 Å². The van der Waals surface area contributed by atoms with Gasteiger partial charge in [0.1, 0.15) is 4.66 Å². The van der Waals surface area contributed by atoms with Crippen molar-refractivity contribution in [2.75, 3.05) is 7.11 Å². The molecule has 0 saturated heterocycles. The molecule has 0 bridgehead atoms. The van der Waals surface area contributed by atoms with E-state index in [0.29, 0.717) is 20.3 Å². The van der Waals surface area contributed by atoms with Crippen molar-refractivity contribution in [1.29, 1.82) is 0 Å². The van der Waals surface area contributed by atoms with Gasteiger partial charge < -0.3 is 9.30 Å². The van der Waals surface area contributed by atoms with Crippen molar-refractivity contribution in [3.8, 4) is 0 Å². The van der Waals surface area contributed by atoms with Crippen molar-refractivity contribution in [1.82, 2.24) is 4.57 Å². The van der Waals surface area contributed by atoms with Gasteiger partial charge in [0.15, 0.2) is 5.78 Å². The SMILES string of the molecule is COC(=O)c1ccc(C=c2sc(=CC(=O)c3ccccc3C)n(C)c2=O)cc1. The van der Waals surface area contributed by atoms with Gasteiger partial charge in [-0.25, -0.2) is 4.79 Å². The van der Waals surface area contributed by atoms with Gasteiger partial charge in [0.05, 0.1) is 17.2 Å². The predicted octanol–water partition coefficient (Wildman–Crippen LogP) is 2.03. The number of hydrogen-bond donors (Lipinski definition) is 0. The number of Topliss-reactive ketones (excluding diaryl/α,β-unsaturated/α-hetero) is 1. The zero-order chi connectivity index (χ0) is 20.3. The van der Waals surface area contributed by atoms with Gasteiger partial charge in [-0.15, -0.1) is 11.3 Å². The summed E-state index contributed by atoms with van der Waals surface area (Å²) in [6, 6.07) is 14.1. The minimum atomic E-state index is -0.412. The molecule has 1 heterocycles. The molecular weight excluding hydrogens is 374 g/mol. The van der Waals surface area contributed by atoms with Crippen LogP contribution in [0.3, 0.4) is 0 Å². The number of ketones is 1. The molecule has 3 rings (SSSR count). The standard InChI is InChI=1S/C22H19NO4S/c1-14-6-4-5-7-17(14)18(24)13-20-23(2)21(25)19(28-20)12-15-8-10-16(11-9-15)22(26)27-3/h4-13H,1-3H3. The van der Waals surface area contributed by atoms with Crippen LogP contribution in [0.1, 0.15) is 31.8 Å². The number of thiazole rings is 1. The van der Waals surface area contributed by atoms with Crippen LogP contribution in [0.5, 0.6) is 0 Å². The Morgan fingerprint density at radius 1 is 1.07 bits per heavy atom. The number of rotatable bonds is 4. The quantitative estimate of drug-likeness (QED) is 0.503.